The summed E-state index contributed by atoms with van der Waals surface area (Å²) in [5.41, 5.74) is 0.829. The molecule has 1 aromatic carbocycles. The van der Waals surface area contributed by atoms with E-state index in [0.29, 0.717) is 32.7 Å². The highest BCUT2D eigenvalue weighted by molar-refractivity contribution is 5.79. The third kappa shape index (κ3) is 4.21. The van der Waals surface area contributed by atoms with Crippen molar-refractivity contribution in [2.24, 2.45) is 0 Å². The Morgan fingerprint density at radius 2 is 2.40 bits per heavy atom. The molecular weight excluding hydrogens is 258 g/mol. The van der Waals surface area contributed by atoms with Crippen LogP contribution in [-0.4, -0.2) is 55.4 Å². The number of benzene rings is 1. The summed E-state index contributed by atoms with van der Waals surface area (Å²) in [6.07, 6.45) is 1.16. The van der Waals surface area contributed by atoms with Crippen molar-refractivity contribution < 1.29 is 19.4 Å². The van der Waals surface area contributed by atoms with Crippen LogP contribution in [-0.2, 0) is 20.7 Å². The van der Waals surface area contributed by atoms with Gasteiger partial charge in [-0.25, -0.2) is 0 Å². The van der Waals surface area contributed by atoms with Crippen molar-refractivity contribution in [1.29, 1.82) is 0 Å². The van der Waals surface area contributed by atoms with Crippen molar-refractivity contribution >= 4 is 5.91 Å². The highest BCUT2D eigenvalue weighted by Crippen LogP contribution is 2.14. The third-order valence-electron chi connectivity index (χ3n) is 3.40. The molecule has 1 fully saturated rings. The van der Waals surface area contributed by atoms with Gasteiger partial charge in [0.25, 0.3) is 0 Å². The number of phenolic OH excluding ortho intramolecular Hbond substituents is 1. The summed E-state index contributed by atoms with van der Waals surface area (Å²) in [6, 6.07) is 6.82. The van der Waals surface area contributed by atoms with Gasteiger partial charge < -0.3 is 19.5 Å². The number of phenols is 1. The molecule has 1 N–H and O–H groups in total. The van der Waals surface area contributed by atoms with Crippen molar-refractivity contribution in [1.82, 2.24) is 4.90 Å². The van der Waals surface area contributed by atoms with Gasteiger partial charge in [0.2, 0.25) is 5.91 Å². The van der Waals surface area contributed by atoms with Crippen LogP contribution < -0.4 is 0 Å². The van der Waals surface area contributed by atoms with Crippen LogP contribution in [0.15, 0.2) is 24.3 Å². The van der Waals surface area contributed by atoms with Gasteiger partial charge >= 0.3 is 0 Å². The van der Waals surface area contributed by atoms with Crippen LogP contribution in [0.5, 0.6) is 5.75 Å². The Labute approximate surface area is 119 Å². The van der Waals surface area contributed by atoms with Gasteiger partial charge in [0.1, 0.15) is 5.75 Å². The van der Waals surface area contributed by atoms with E-state index >= 15 is 0 Å². The van der Waals surface area contributed by atoms with Crippen LogP contribution in [0.2, 0.25) is 0 Å². The maximum Gasteiger partial charge on any atom is 0.227 e. The van der Waals surface area contributed by atoms with E-state index in [1.54, 1.807) is 25.3 Å². The van der Waals surface area contributed by atoms with E-state index in [1.807, 2.05) is 11.0 Å². The van der Waals surface area contributed by atoms with Gasteiger partial charge in [-0.05, 0) is 24.1 Å². The number of carbonyl (C=O) groups is 1. The molecule has 110 valence electrons. The Kier molecular flexibility index (Phi) is 5.38. The van der Waals surface area contributed by atoms with E-state index in [2.05, 4.69) is 0 Å². The van der Waals surface area contributed by atoms with Crippen LogP contribution in [0.3, 0.4) is 0 Å². The highest BCUT2D eigenvalue weighted by atomic mass is 16.5. The monoisotopic (exact) mass is 279 g/mol. The number of aromatic hydroxyl groups is 1. The van der Waals surface area contributed by atoms with E-state index in [4.69, 9.17) is 9.47 Å². The molecule has 0 radical (unpaired) electrons. The van der Waals surface area contributed by atoms with Crippen LogP contribution in [0.1, 0.15) is 12.0 Å². The first-order valence-electron chi connectivity index (χ1n) is 6.85. The van der Waals surface area contributed by atoms with Crippen LogP contribution in [0, 0.1) is 0 Å². The SMILES string of the molecule is COCC[C@H]1CN(C(=O)Cc2cccc(O)c2)CCO1. The zero-order valence-corrected chi connectivity index (χ0v) is 11.7. The number of carbonyl (C=O) groups excluding carboxylic acids is 1. The number of rotatable bonds is 5. The van der Waals surface area contributed by atoms with Gasteiger partial charge in [0, 0.05) is 26.8 Å². The third-order valence-corrected chi connectivity index (χ3v) is 3.40. The molecule has 1 aromatic rings. The first-order valence-corrected chi connectivity index (χ1v) is 6.85. The van der Waals surface area contributed by atoms with Crippen LogP contribution >= 0.6 is 0 Å². The van der Waals surface area contributed by atoms with Crippen LogP contribution in [0.25, 0.3) is 0 Å². The quantitative estimate of drug-likeness (QED) is 0.880. The van der Waals surface area contributed by atoms with Gasteiger partial charge in [-0.2, -0.15) is 0 Å². The van der Waals surface area contributed by atoms with Crippen molar-refractivity contribution in [3.05, 3.63) is 29.8 Å². The minimum atomic E-state index is 0.0526. The molecule has 1 heterocycles. The summed E-state index contributed by atoms with van der Waals surface area (Å²) in [6.45, 7) is 2.45. The van der Waals surface area contributed by atoms with Gasteiger partial charge in [-0.15, -0.1) is 0 Å². The van der Waals surface area contributed by atoms with Gasteiger partial charge in [0.05, 0.1) is 19.1 Å². The Hall–Kier alpha value is -1.59. The zero-order valence-electron chi connectivity index (χ0n) is 11.7. The van der Waals surface area contributed by atoms with Gasteiger partial charge in [-0.1, -0.05) is 12.1 Å². The number of ether oxygens (including phenoxy) is 2. The maximum atomic E-state index is 12.3. The van der Waals surface area contributed by atoms with Crippen molar-refractivity contribution in [2.45, 2.75) is 18.9 Å². The lowest BCUT2D eigenvalue weighted by molar-refractivity contribution is -0.138. The Morgan fingerprint density at radius 3 is 3.15 bits per heavy atom. The van der Waals surface area contributed by atoms with E-state index < -0.39 is 0 Å². The molecule has 1 saturated heterocycles. The molecule has 1 amide bonds. The molecule has 0 unspecified atom stereocenters. The van der Waals surface area contributed by atoms with Gasteiger partial charge in [-0.3, -0.25) is 4.79 Å². The standard InChI is InChI=1S/C15H21NO4/c1-19-7-5-14-11-16(6-8-20-14)15(18)10-12-3-2-4-13(17)9-12/h2-4,9,14,17H,5-8,10-11H2,1H3/t14-/m0/s1. The molecule has 20 heavy (non-hydrogen) atoms. The molecule has 2 rings (SSSR count). The fraction of sp³-hybridized carbons (Fsp3) is 0.533. The summed E-state index contributed by atoms with van der Waals surface area (Å²) in [5, 5.41) is 9.42. The number of hydrogen-bond acceptors (Lipinski definition) is 4. The van der Waals surface area contributed by atoms with Crippen molar-refractivity contribution in [3.63, 3.8) is 0 Å². The lowest BCUT2D eigenvalue weighted by atomic mass is 10.1. The second-order valence-electron chi connectivity index (χ2n) is 4.96. The van der Waals surface area contributed by atoms with Crippen molar-refractivity contribution in [2.75, 3.05) is 33.4 Å². The largest absolute Gasteiger partial charge is 0.508 e. The minimum absolute atomic E-state index is 0.0526. The first-order chi connectivity index (χ1) is 9.69. The number of amides is 1. The topological polar surface area (TPSA) is 59.0 Å². The molecule has 1 atom stereocenters. The average molecular weight is 279 g/mol. The maximum absolute atomic E-state index is 12.3. The average Bonchev–Trinajstić information content (AvgIpc) is 2.45. The molecule has 0 bridgehead atoms. The summed E-state index contributed by atoms with van der Waals surface area (Å²) in [4.78, 5) is 14.1. The minimum Gasteiger partial charge on any atom is -0.508 e. The highest BCUT2D eigenvalue weighted by Gasteiger charge is 2.23. The molecule has 0 aliphatic carbocycles. The summed E-state index contributed by atoms with van der Waals surface area (Å²) in [5.74, 6) is 0.261. The van der Waals surface area contributed by atoms with E-state index in [0.717, 1.165) is 12.0 Å². The van der Waals surface area contributed by atoms with E-state index in [-0.39, 0.29) is 17.8 Å². The fourth-order valence-corrected chi connectivity index (χ4v) is 2.32. The molecule has 1 aliphatic heterocycles. The van der Waals surface area contributed by atoms with Crippen molar-refractivity contribution in [3.8, 4) is 5.75 Å². The Balaban J connectivity index is 1.88. The molecule has 0 saturated carbocycles. The van der Waals surface area contributed by atoms with E-state index in [9.17, 15) is 9.90 Å². The predicted octanol–water partition coefficient (Wildman–Crippen LogP) is 1.20. The Morgan fingerprint density at radius 1 is 1.55 bits per heavy atom. The zero-order chi connectivity index (χ0) is 14.4. The second-order valence-corrected chi connectivity index (χ2v) is 4.96. The van der Waals surface area contributed by atoms with E-state index in [1.165, 1.54) is 0 Å². The smallest absolute Gasteiger partial charge is 0.227 e. The van der Waals surface area contributed by atoms with Gasteiger partial charge in [0.15, 0.2) is 0 Å². The summed E-state index contributed by atoms with van der Waals surface area (Å²) < 4.78 is 10.7. The summed E-state index contributed by atoms with van der Waals surface area (Å²) in [7, 11) is 1.66. The second kappa shape index (κ2) is 7.26. The molecule has 5 heteroatoms. The normalized spacial score (nSPS) is 19.1. The number of nitrogens with zero attached hydrogens (tertiary/aromatic N) is 1. The lowest BCUT2D eigenvalue weighted by Gasteiger charge is -2.33. The molecule has 5 nitrogen and oxygen atoms in total. The molecule has 1 aliphatic rings. The number of morpholine rings is 1. The number of methoxy groups -OCH3 is 1. The lowest BCUT2D eigenvalue weighted by Crippen LogP contribution is -2.46. The molecule has 0 spiro atoms. The molecule has 0 aromatic heterocycles. The predicted molar refractivity (Wildman–Crippen MR) is 74.6 cm³/mol. The first kappa shape index (κ1) is 14.8. The fourth-order valence-electron chi connectivity index (χ4n) is 2.32. The molecular formula is C15H21NO4. The summed E-state index contributed by atoms with van der Waals surface area (Å²) >= 11 is 0. The Bertz CT molecular complexity index is 449. The van der Waals surface area contributed by atoms with Crippen LogP contribution in [0.4, 0.5) is 0 Å². The number of hydrogen-bond donors (Lipinski definition) is 1.